The van der Waals surface area contributed by atoms with Crippen molar-refractivity contribution in [2.45, 2.75) is 44.7 Å². The normalized spacial score (nSPS) is 22.6. The Hall–Kier alpha value is -0.610. The average molecular weight is 200 g/mol. The molecule has 0 aromatic heterocycles. The lowest BCUT2D eigenvalue weighted by Gasteiger charge is -2.21. The summed E-state index contributed by atoms with van der Waals surface area (Å²) in [7, 11) is 0. The van der Waals surface area contributed by atoms with Crippen molar-refractivity contribution in [3.63, 3.8) is 0 Å². The minimum absolute atomic E-state index is 0.0198. The SMILES string of the molecule is CC[C@H](C)[C@H](N)C(=O)NC1(CO)CC1. The molecule has 82 valence electrons. The third kappa shape index (κ3) is 2.45. The number of rotatable bonds is 5. The third-order valence-corrected chi connectivity index (χ3v) is 3.10. The van der Waals surface area contributed by atoms with Crippen molar-refractivity contribution in [2.24, 2.45) is 11.7 Å². The summed E-state index contributed by atoms with van der Waals surface area (Å²) < 4.78 is 0. The molecule has 0 heterocycles. The second-order valence-electron chi connectivity index (χ2n) is 4.34. The molecule has 0 aromatic rings. The van der Waals surface area contributed by atoms with Crippen LogP contribution in [0, 0.1) is 5.92 Å². The van der Waals surface area contributed by atoms with E-state index in [1.54, 1.807) is 0 Å². The number of hydrogen-bond acceptors (Lipinski definition) is 3. The Morgan fingerprint density at radius 2 is 2.21 bits per heavy atom. The molecule has 0 spiro atoms. The van der Waals surface area contributed by atoms with Gasteiger partial charge in [-0.1, -0.05) is 20.3 Å². The van der Waals surface area contributed by atoms with Crippen LogP contribution in [0.15, 0.2) is 0 Å². The zero-order chi connectivity index (χ0) is 10.8. The first-order valence-corrected chi connectivity index (χ1v) is 5.23. The third-order valence-electron chi connectivity index (χ3n) is 3.10. The van der Waals surface area contributed by atoms with Gasteiger partial charge in [0, 0.05) is 0 Å². The van der Waals surface area contributed by atoms with Gasteiger partial charge < -0.3 is 16.2 Å². The molecule has 0 radical (unpaired) electrons. The summed E-state index contributed by atoms with van der Waals surface area (Å²) in [6, 6.07) is -0.455. The van der Waals surface area contributed by atoms with Crippen LogP contribution in [0.1, 0.15) is 33.1 Å². The first-order chi connectivity index (χ1) is 6.54. The van der Waals surface area contributed by atoms with Crippen LogP contribution in [0.2, 0.25) is 0 Å². The Morgan fingerprint density at radius 1 is 1.64 bits per heavy atom. The van der Waals surface area contributed by atoms with Crippen molar-refractivity contribution in [2.75, 3.05) is 6.61 Å². The first kappa shape index (κ1) is 11.5. The highest BCUT2D eigenvalue weighted by atomic mass is 16.3. The average Bonchev–Trinajstić information content (AvgIpc) is 2.96. The van der Waals surface area contributed by atoms with Crippen LogP contribution >= 0.6 is 0 Å². The smallest absolute Gasteiger partial charge is 0.237 e. The van der Waals surface area contributed by atoms with Gasteiger partial charge in [0.15, 0.2) is 0 Å². The number of amides is 1. The summed E-state index contributed by atoms with van der Waals surface area (Å²) >= 11 is 0. The van der Waals surface area contributed by atoms with Crippen molar-refractivity contribution in [3.8, 4) is 0 Å². The van der Waals surface area contributed by atoms with Crippen LogP contribution in [0.4, 0.5) is 0 Å². The molecular formula is C10H20N2O2. The van der Waals surface area contributed by atoms with Crippen molar-refractivity contribution >= 4 is 5.91 Å². The minimum atomic E-state index is -0.455. The highest BCUT2D eigenvalue weighted by Gasteiger charge is 2.44. The maximum absolute atomic E-state index is 11.6. The van der Waals surface area contributed by atoms with Gasteiger partial charge in [0.1, 0.15) is 0 Å². The van der Waals surface area contributed by atoms with Crippen LogP contribution in [-0.2, 0) is 4.79 Å². The number of aliphatic hydroxyl groups is 1. The van der Waals surface area contributed by atoms with E-state index in [1.165, 1.54) is 0 Å². The Labute approximate surface area is 84.9 Å². The van der Waals surface area contributed by atoms with Gasteiger partial charge in [0.05, 0.1) is 18.2 Å². The van der Waals surface area contributed by atoms with E-state index in [9.17, 15) is 4.79 Å². The van der Waals surface area contributed by atoms with Crippen LogP contribution in [0.3, 0.4) is 0 Å². The van der Waals surface area contributed by atoms with Crippen LogP contribution in [0.25, 0.3) is 0 Å². The molecule has 1 aliphatic carbocycles. The van der Waals surface area contributed by atoms with E-state index in [-0.39, 0.29) is 24.0 Å². The number of nitrogens with one attached hydrogen (secondary N) is 1. The van der Waals surface area contributed by atoms with Crippen LogP contribution < -0.4 is 11.1 Å². The maximum Gasteiger partial charge on any atom is 0.237 e. The molecule has 1 saturated carbocycles. The fraction of sp³-hybridized carbons (Fsp3) is 0.900. The quantitative estimate of drug-likeness (QED) is 0.585. The number of aliphatic hydroxyl groups excluding tert-OH is 1. The summed E-state index contributed by atoms with van der Waals surface area (Å²) in [5.41, 5.74) is 5.42. The molecule has 0 aromatic carbocycles. The second-order valence-corrected chi connectivity index (χ2v) is 4.34. The fourth-order valence-corrected chi connectivity index (χ4v) is 1.33. The Kier molecular flexibility index (Phi) is 3.50. The molecule has 0 saturated heterocycles. The molecule has 1 aliphatic rings. The molecule has 0 aliphatic heterocycles. The number of carbonyl (C=O) groups is 1. The zero-order valence-electron chi connectivity index (χ0n) is 8.92. The number of carbonyl (C=O) groups excluding carboxylic acids is 1. The lowest BCUT2D eigenvalue weighted by atomic mass is 9.99. The van der Waals surface area contributed by atoms with Crippen molar-refractivity contribution < 1.29 is 9.90 Å². The fourth-order valence-electron chi connectivity index (χ4n) is 1.33. The molecule has 4 heteroatoms. The van der Waals surface area contributed by atoms with Gasteiger partial charge in [-0.3, -0.25) is 4.79 Å². The van der Waals surface area contributed by atoms with E-state index in [2.05, 4.69) is 5.32 Å². The highest BCUT2D eigenvalue weighted by molar-refractivity contribution is 5.82. The van der Waals surface area contributed by atoms with E-state index in [4.69, 9.17) is 10.8 Å². The molecule has 1 rings (SSSR count). The van der Waals surface area contributed by atoms with E-state index in [0.29, 0.717) is 0 Å². The monoisotopic (exact) mass is 200 g/mol. The van der Waals surface area contributed by atoms with Crippen molar-refractivity contribution in [3.05, 3.63) is 0 Å². The van der Waals surface area contributed by atoms with Gasteiger partial charge in [-0.2, -0.15) is 0 Å². The van der Waals surface area contributed by atoms with Gasteiger partial charge in [0.25, 0.3) is 0 Å². The molecular weight excluding hydrogens is 180 g/mol. The van der Waals surface area contributed by atoms with Gasteiger partial charge in [-0.25, -0.2) is 0 Å². The zero-order valence-corrected chi connectivity index (χ0v) is 8.92. The summed E-state index contributed by atoms with van der Waals surface area (Å²) in [6.07, 6.45) is 2.62. The van der Waals surface area contributed by atoms with Crippen LogP contribution in [0.5, 0.6) is 0 Å². The standard InChI is InChI=1S/C10H20N2O2/c1-3-7(2)8(11)9(14)12-10(6-13)4-5-10/h7-8,13H,3-6,11H2,1-2H3,(H,12,14)/t7-,8-/m0/s1. The number of nitrogens with two attached hydrogens (primary N) is 1. The van der Waals surface area contributed by atoms with E-state index in [0.717, 1.165) is 19.3 Å². The molecule has 1 fully saturated rings. The topological polar surface area (TPSA) is 75.4 Å². The molecule has 14 heavy (non-hydrogen) atoms. The Morgan fingerprint density at radius 3 is 2.57 bits per heavy atom. The summed E-state index contributed by atoms with van der Waals surface area (Å²) in [5, 5.41) is 11.8. The first-order valence-electron chi connectivity index (χ1n) is 5.23. The van der Waals surface area contributed by atoms with Crippen molar-refractivity contribution in [1.29, 1.82) is 0 Å². The molecule has 0 bridgehead atoms. The summed E-state index contributed by atoms with van der Waals surface area (Å²) in [5.74, 6) is 0.0513. The largest absolute Gasteiger partial charge is 0.394 e. The summed E-state index contributed by atoms with van der Waals surface area (Å²) in [6.45, 7) is 3.99. The lowest BCUT2D eigenvalue weighted by Crippen LogP contribution is -2.50. The Balaban J connectivity index is 2.41. The predicted octanol–water partition coefficient (Wildman–Crippen LogP) is 0.000900. The second kappa shape index (κ2) is 4.28. The van der Waals surface area contributed by atoms with Crippen LogP contribution in [-0.4, -0.2) is 29.2 Å². The van der Waals surface area contributed by atoms with Crippen molar-refractivity contribution in [1.82, 2.24) is 5.32 Å². The minimum Gasteiger partial charge on any atom is -0.394 e. The molecule has 0 unspecified atom stereocenters. The summed E-state index contributed by atoms with van der Waals surface area (Å²) in [4.78, 5) is 11.6. The predicted molar refractivity (Wildman–Crippen MR) is 54.6 cm³/mol. The van der Waals surface area contributed by atoms with Gasteiger partial charge in [0.2, 0.25) is 5.91 Å². The van der Waals surface area contributed by atoms with E-state index >= 15 is 0 Å². The van der Waals surface area contributed by atoms with Gasteiger partial charge in [-0.15, -0.1) is 0 Å². The molecule has 4 N–H and O–H groups in total. The molecule has 4 nitrogen and oxygen atoms in total. The molecule has 2 atom stereocenters. The number of hydrogen-bond donors (Lipinski definition) is 3. The Bertz CT molecular complexity index is 214. The van der Waals surface area contributed by atoms with E-state index < -0.39 is 6.04 Å². The van der Waals surface area contributed by atoms with Gasteiger partial charge >= 0.3 is 0 Å². The molecule has 1 amide bonds. The van der Waals surface area contributed by atoms with Gasteiger partial charge in [-0.05, 0) is 18.8 Å². The highest BCUT2D eigenvalue weighted by Crippen LogP contribution is 2.34. The maximum atomic E-state index is 11.6. The lowest BCUT2D eigenvalue weighted by molar-refractivity contribution is -0.124. The van der Waals surface area contributed by atoms with E-state index in [1.807, 2.05) is 13.8 Å².